The molecule has 3 nitrogen and oxygen atoms in total. The lowest BCUT2D eigenvalue weighted by Crippen LogP contribution is -2.48. The molecule has 0 bridgehead atoms. The molecule has 0 aliphatic heterocycles. The molecule has 3 heteroatoms. The Kier molecular flexibility index (Phi) is 7.20. The van der Waals surface area contributed by atoms with Gasteiger partial charge in [0.25, 0.3) is 0 Å². The predicted molar refractivity (Wildman–Crippen MR) is 86.1 cm³/mol. The van der Waals surface area contributed by atoms with E-state index < -0.39 is 0 Å². The number of benzene rings is 1. The summed E-state index contributed by atoms with van der Waals surface area (Å²) in [6.07, 6.45) is 5.44. The zero-order chi connectivity index (χ0) is 14.9. The molecule has 2 rings (SSSR count). The minimum Gasteiger partial charge on any atom is -0.391 e. The lowest BCUT2D eigenvalue weighted by molar-refractivity contribution is -0.0177. The summed E-state index contributed by atoms with van der Waals surface area (Å²) in [5.41, 5.74) is 1.19. The SMILES string of the molecule is CCCCN[C@@H]1CCC[C@@H](COCc2ccccc2)[C@H]1O. The molecule has 0 spiro atoms. The maximum atomic E-state index is 10.5. The maximum absolute atomic E-state index is 10.5. The van der Waals surface area contributed by atoms with E-state index in [0.29, 0.717) is 13.2 Å². The summed E-state index contributed by atoms with van der Waals surface area (Å²) in [4.78, 5) is 0. The van der Waals surface area contributed by atoms with E-state index in [0.717, 1.165) is 19.4 Å². The molecular weight excluding hydrogens is 262 g/mol. The Labute approximate surface area is 128 Å². The van der Waals surface area contributed by atoms with Crippen LogP contribution in [0.4, 0.5) is 0 Å². The van der Waals surface area contributed by atoms with Gasteiger partial charge in [-0.3, -0.25) is 0 Å². The molecule has 21 heavy (non-hydrogen) atoms. The van der Waals surface area contributed by atoms with Crippen LogP contribution in [0.1, 0.15) is 44.6 Å². The number of nitrogens with one attached hydrogen (secondary N) is 1. The van der Waals surface area contributed by atoms with Crippen LogP contribution in [-0.4, -0.2) is 30.4 Å². The Morgan fingerprint density at radius 1 is 1.24 bits per heavy atom. The molecule has 118 valence electrons. The van der Waals surface area contributed by atoms with Crippen molar-refractivity contribution in [1.82, 2.24) is 5.32 Å². The molecule has 1 saturated carbocycles. The first-order chi connectivity index (χ1) is 10.3. The first kappa shape index (κ1) is 16.5. The molecule has 0 heterocycles. The van der Waals surface area contributed by atoms with Crippen LogP contribution in [0, 0.1) is 5.92 Å². The van der Waals surface area contributed by atoms with Crippen LogP contribution in [0.2, 0.25) is 0 Å². The summed E-state index contributed by atoms with van der Waals surface area (Å²) in [6.45, 7) is 4.50. The van der Waals surface area contributed by atoms with Crippen LogP contribution in [0.5, 0.6) is 0 Å². The smallest absolute Gasteiger partial charge is 0.0743 e. The Hall–Kier alpha value is -0.900. The fraction of sp³-hybridized carbons (Fsp3) is 0.667. The van der Waals surface area contributed by atoms with Crippen molar-refractivity contribution in [3.63, 3.8) is 0 Å². The van der Waals surface area contributed by atoms with E-state index in [2.05, 4.69) is 24.4 Å². The second-order valence-electron chi connectivity index (χ2n) is 6.10. The van der Waals surface area contributed by atoms with Crippen molar-refractivity contribution >= 4 is 0 Å². The highest BCUT2D eigenvalue weighted by Crippen LogP contribution is 2.25. The normalized spacial score (nSPS) is 25.9. The molecular formula is C18H29NO2. The van der Waals surface area contributed by atoms with Crippen molar-refractivity contribution in [1.29, 1.82) is 0 Å². The highest BCUT2D eigenvalue weighted by Gasteiger charge is 2.31. The third kappa shape index (κ3) is 5.42. The second-order valence-corrected chi connectivity index (χ2v) is 6.10. The number of hydrogen-bond acceptors (Lipinski definition) is 3. The van der Waals surface area contributed by atoms with Crippen molar-refractivity contribution in [3.05, 3.63) is 35.9 Å². The third-order valence-electron chi connectivity index (χ3n) is 4.37. The van der Waals surface area contributed by atoms with Gasteiger partial charge < -0.3 is 15.2 Å². The van der Waals surface area contributed by atoms with E-state index in [1.54, 1.807) is 0 Å². The van der Waals surface area contributed by atoms with Crippen molar-refractivity contribution < 1.29 is 9.84 Å². The number of aliphatic hydroxyl groups is 1. The number of ether oxygens (including phenoxy) is 1. The Bertz CT molecular complexity index is 382. The van der Waals surface area contributed by atoms with Crippen molar-refractivity contribution in [2.75, 3.05) is 13.2 Å². The van der Waals surface area contributed by atoms with E-state index in [4.69, 9.17) is 4.74 Å². The third-order valence-corrected chi connectivity index (χ3v) is 4.37. The van der Waals surface area contributed by atoms with Crippen molar-refractivity contribution in [3.8, 4) is 0 Å². The molecule has 1 aliphatic carbocycles. The molecule has 0 saturated heterocycles. The van der Waals surface area contributed by atoms with Crippen LogP contribution in [0.25, 0.3) is 0 Å². The van der Waals surface area contributed by atoms with Crippen LogP contribution < -0.4 is 5.32 Å². The van der Waals surface area contributed by atoms with Gasteiger partial charge in [0, 0.05) is 12.0 Å². The summed E-state index contributed by atoms with van der Waals surface area (Å²) < 4.78 is 5.82. The first-order valence-electron chi connectivity index (χ1n) is 8.34. The molecule has 0 unspecified atom stereocenters. The van der Waals surface area contributed by atoms with Gasteiger partial charge in [0.15, 0.2) is 0 Å². The van der Waals surface area contributed by atoms with Crippen LogP contribution >= 0.6 is 0 Å². The largest absolute Gasteiger partial charge is 0.391 e. The lowest BCUT2D eigenvalue weighted by Gasteiger charge is -2.35. The van der Waals surface area contributed by atoms with Crippen molar-refractivity contribution in [2.24, 2.45) is 5.92 Å². The Morgan fingerprint density at radius 3 is 2.81 bits per heavy atom. The van der Waals surface area contributed by atoms with E-state index in [9.17, 15) is 5.11 Å². The van der Waals surface area contributed by atoms with Gasteiger partial charge in [-0.15, -0.1) is 0 Å². The van der Waals surface area contributed by atoms with E-state index in [1.165, 1.54) is 24.8 Å². The molecule has 3 atom stereocenters. The van der Waals surface area contributed by atoms with E-state index in [-0.39, 0.29) is 18.1 Å². The zero-order valence-corrected chi connectivity index (χ0v) is 13.1. The summed E-state index contributed by atoms with van der Waals surface area (Å²) >= 11 is 0. The Morgan fingerprint density at radius 2 is 2.05 bits per heavy atom. The average Bonchev–Trinajstić information content (AvgIpc) is 2.52. The molecule has 0 aromatic heterocycles. The first-order valence-corrected chi connectivity index (χ1v) is 8.34. The van der Waals surface area contributed by atoms with Gasteiger partial charge >= 0.3 is 0 Å². The molecule has 1 aromatic carbocycles. The maximum Gasteiger partial charge on any atom is 0.0743 e. The van der Waals surface area contributed by atoms with Crippen LogP contribution in [0.15, 0.2) is 30.3 Å². The molecule has 0 radical (unpaired) electrons. The average molecular weight is 291 g/mol. The van der Waals surface area contributed by atoms with Gasteiger partial charge in [0.05, 0.1) is 19.3 Å². The molecule has 1 aliphatic rings. The number of hydrogen-bond donors (Lipinski definition) is 2. The minimum atomic E-state index is -0.272. The summed E-state index contributed by atoms with van der Waals surface area (Å²) in [5.74, 6) is 0.265. The summed E-state index contributed by atoms with van der Waals surface area (Å²) in [7, 11) is 0. The van der Waals surface area contributed by atoms with Gasteiger partial charge in [-0.1, -0.05) is 50.1 Å². The number of rotatable bonds is 8. The van der Waals surface area contributed by atoms with E-state index >= 15 is 0 Å². The molecule has 1 aromatic rings. The fourth-order valence-electron chi connectivity index (χ4n) is 3.04. The number of unbranched alkanes of at least 4 members (excludes halogenated alkanes) is 1. The second kappa shape index (κ2) is 9.19. The zero-order valence-electron chi connectivity index (χ0n) is 13.1. The predicted octanol–water partition coefficient (Wildman–Crippen LogP) is 3.12. The molecule has 1 fully saturated rings. The van der Waals surface area contributed by atoms with Gasteiger partial charge in [-0.2, -0.15) is 0 Å². The van der Waals surface area contributed by atoms with Crippen LogP contribution in [-0.2, 0) is 11.3 Å². The van der Waals surface area contributed by atoms with Gasteiger partial charge in [-0.25, -0.2) is 0 Å². The topological polar surface area (TPSA) is 41.5 Å². The Balaban J connectivity index is 1.72. The fourth-order valence-corrected chi connectivity index (χ4v) is 3.04. The van der Waals surface area contributed by atoms with Crippen LogP contribution in [0.3, 0.4) is 0 Å². The molecule has 0 amide bonds. The molecule has 2 N–H and O–H groups in total. The highest BCUT2D eigenvalue weighted by molar-refractivity contribution is 5.13. The lowest BCUT2D eigenvalue weighted by atomic mass is 9.83. The van der Waals surface area contributed by atoms with Gasteiger partial charge in [0.2, 0.25) is 0 Å². The summed E-state index contributed by atoms with van der Waals surface area (Å²) in [5, 5.41) is 14.0. The van der Waals surface area contributed by atoms with Gasteiger partial charge in [-0.05, 0) is 31.4 Å². The standard InChI is InChI=1S/C18H29NO2/c1-2-3-12-19-17-11-7-10-16(18(17)20)14-21-13-15-8-5-4-6-9-15/h4-6,8-9,16-20H,2-3,7,10-14H2,1H3/t16-,17+,18+/m0/s1. The summed E-state index contributed by atoms with van der Waals surface area (Å²) in [6, 6.07) is 10.5. The highest BCUT2D eigenvalue weighted by atomic mass is 16.5. The van der Waals surface area contributed by atoms with E-state index in [1.807, 2.05) is 18.2 Å². The minimum absolute atomic E-state index is 0.246. The quantitative estimate of drug-likeness (QED) is 0.723. The van der Waals surface area contributed by atoms with Gasteiger partial charge in [0.1, 0.15) is 0 Å². The monoisotopic (exact) mass is 291 g/mol. The van der Waals surface area contributed by atoms with Crippen molar-refractivity contribution in [2.45, 2.75) is 57.8 Å². The number of aliphatic hydroxyl groups excluding tert-OH is 1.